The van der Waals surface area contributed by atoms with Crippen molar-refractivity contribution < 1.29 is 4.39 Å². The van der Waals surface area contributed by atoms with Crippen LogP contribution in [0, 0.1) is 17.1 Å². The van der Waals surface area contributed by atoms with Gasteiger partial charge in [-0.25, -0.2) is 4.39 Å². The van der Waals surface area contributed by atoms with Gasteiger partial charge in [0.2, 0.25) is 0 Å². The monoisotopic (exact) mass is 259 g/mol. The average Bonchev–Trinajstić information content (AvgIpc) is 2.88. The topological polar surface area (TPSA) is 66.5 Å². The Morgan fingerprint density at radius 2 is 2.26 bits per heavy atom. The summed E-state index contributed by atoms with van der Waals surface area (Å²) in [5, 5.41) is 19.8. The molecule has 0 bridgehead atoms. The van der Waals surface area contributed by atoms with E-state index in [4.69, 9.17) is 5.26 Å². The third kappa shape index (κ3) is 3.14. The number of halogens is 1. The van der Waals surface area contributed by atoms with Crippen LogP contribution in [0.25, 0.3) is 0 Å². The van der Waals surface area contributed by atoms with Crippen LogP contribution in [0.4, 0.5) is 4.39 Å². The Kier molecular flexibility index (Phi) is 4.21. The van der Waals surface area contributed by atoms with Gasteiger partial charge in [0, 0.05) is 13.1 Å². The minimum absolute atomic E-state index is 0.0658. The summed E-state index contributed by atoms with van der Waals surface area (Å²) in [6.07, 6.45) is 1.68. The highest BCUT2D eigenvalue weighted by atomic mass is 19.1. The lowest BCUT2D eigenvalue weighted by atomic mass is 10.1. The van der Waals surface area contributed by atoms with Crippen LogP contribution in [0.3, 0.4) is 0 Å². The van der Waals surface area contributed by atoms with Crippen LogP contribution in [0.5, 0.6) is 0 Å². The molecule has 0 amide bonds. The molecule has 0 radical (unpaired) electrons. The summed E-state index contributed by atoms with van der Waals surface area (Å²) in [6, 6.07) is 6.35. The first-order chi connectivity index (χ1) is 9.24. The molecule has 19 heavy (non-hydrogen) atoms. The summed E-state index contributed by atoms with van der Waals surface area (Å²) in [5.74, 6) is 0.363. The van der Waals surface area contributed by atoms with Crippen LogP contribution in [-0.2, 0) is 19.6 Å². The van der Waals surface area contributed by atoms with Gasteiger partial charge in [-0.05, 0) is 24.6 Å². The molecule has 5 nitrogen and oxygen atoms in total. The molecule has 2 rings (SSSR count). The Balaban J connectivity index is 1.95. The molecule has 1 aromatic heterocycles. The van der Waals surface area contributed by atoms with Crippen LogP contribution < -0.4 is 5.32 Å². The highest BCUT2D eigenvalue weighted by Crippen LogP contribution is 2.09. The van der Waals surface area contributed by atoms with Crippen molar-refractivity contribution >= 4 is 0 Å². The second-order valence-electron chi connectivity index (χ2n) is 4.06. The predicted molar refractivity (Wildman–Crippen MR) is 67.4 cm³/mol. The standard InChI is InChI=1S/C13H14FN5/c1-2-19-9-17-18-13(19)8-16-7-10-3-4-12(14)11(5-10)6-15/h3-5,9,16H,2,7-8H2,1H3. The number of nitrogens with one attached hydrogen (secondary N) is 1. The van der Waals surface area contributed by atoms with E-state index in [-0.39, 0.29) is 5.56 Å². The zero-order chi connectivity index (χ0) is 13.7. The Morgan fingerprint density at radius 3 is 3.00 bits per heavy atom. The van der Waals surface area contributed by atoms with E-state index in [1.807, 2.05) is 17.6 Å². The van der Waals surface area contributed by atoms with Crippen molar-refractivity contribution in [3.63, 3.8) is 0 Å². The molecule has 98 valence electrons. The molecule has 0 spiro atoms. The van der Waals surface area contributed by atoms with Crippen molar-refractivity contribution in [2.75, 3.05) is 0 Å². The summed E-state index contributed by atoms with van der Waals surface area (Å²) < 4.78 is 15.1. The number of aromatic nitrogens is 3. The van der Waals surface area contributed by atoms with Crippen molar-refractivity contribution in [2.24, 2.45) is 0 Å². The van der Waals surface area contributed by atoms with Gasteiger partial charge >= 0.3 is 0 Å². The molecule has 1 heterocycles. The Labute approximate surface area is 110 Å². The van der Waals surface area contributed by atoms with Gasteiger partial charge in [-0.2, -0.15) is 5.26 Å². The second kappa shape index (κ2) is 6.07. The van der Waals surface area contributed by atoms with Crippen LogP contribution in [-0.4, -0.2) is 14.8 Å². The first-order valence-corrected chi connectivity index (χ1v) is 6.00. The zero-order valence-electron chi connectivity index (χ0n) is 10.6. The fourth-order valence-corrected chi connectivity index (χ4v) is 1.77. The first-order valence-electron chi connectivity index (χ1n) is 6.00. The van der Waals surface area contributed by atoms with E-state index < -0.39 is 5.82 Å². The summed E-state index contributed by atoms with van der Waals surface area (Å²) in [5.41, 5.74) is 0.927. The normalized spacial score (nSPS) is 10.4. The number of hydrogen-bond acceptors (Lipinski definition) is 4. The molecule has 1 aromatic carbocycles. The lowest BCUT2D eigenvalue weighted by molar-refractivity contribution is 0.606. The average molecular weight is 259 g/mol. The maximum atomic E-state index is 13.1. The van der Waals surface area contributed by atoms with Crippen molar-refractivity contribution in [3.05, 3.63) is 47.3 Å². The van der Waals surface area contributed by atoms with Gasteiger partial charge in [0.1, 0.15) is 24.0 Å². The highest BCUT2D eigenvalue weighted by molar-refractivity contribution is 5.34. The number of nitrogens with zero attached hydrogens (tertiary/aromatic N) is 4. The highest BCUT2D eigenvalue weighted by Gasteiger charge is 2.04. The molecule has 0 saturated heterocycles. The largest absolute Gasteiger partial charge is 0.317 e. The van der Waals surface area contributed by atoms with Gasteiger partial charge < -0.3 is 9.88 Å². The quantitative estimate of drug-likeness (QED) is 0.885. The maximum absolute atomic E-state index is 13.1. The number of nitriles is 1. The molecular weight excluding hydrogens is 245 g/mol. The van der Waals surface area contributed by atoms with E-state index >= 15 is 0 Å². The summed E-state index contributed by atoms with van der Waals surface area (Å²) in [4.78, 5) is 0. The van der Waals surface area contributed by atoms with Crippen molar-refractivity contribution in [1.82, 2.24) is 20.1 Å². The fraction of sp³-hybridized carbons (Fsp3) is 0.308. The summed E-state index contributed by atoms with van der Waals surface area (Å²) in [6.45, 7) is 3.96. The molecule has 0 aliphatic carbocycles. The molecule has 0 saturated carbocycles. The number of hydrogen-bond donors (Lipinski definition) is 1. The Hall–Kier alpha value is -2.26. The Morgan fingerprint density at radius 1 is 1.42 bits per heavy atom. The van der Waals surface area contributed by atoms with Gasteiger partial charge in [0.25, 0.3) is 0 Å². The molecule has 0 atom stereocenters. The van der Waals surface area contributed by atoms with Crippen LogP contribution in [0.15, 0.2) is 24.5 Å². The number of benzene rings is 1. The van der Waals surface area contributed by atoms with E-state index in [0.717, 1.165) is 17.9 Å². The summed E-state index contributed by atoms with van der Waals surface area (Å²) >= 11 is 0. The van der Waals surface area contributed by atoms with Crippen molar-refractivity contribution in [1.29, 1.82) is 5.26 Å². The third-order valence-corrected chi connectivity index (χ3v) is 2.80. The lowest BCUT2D eigenvalue weighted by Gasteiger charge is -2.06. The van der Waals surface area contributed by atoms with Crippen molar-refractivity contribution in [2.45, 2.75) is 26.6 Å². The minimum atomic E-state index is -0.489. The molecule has 0 fully saturated rings. The number of rotatable bonds is 5. The SMILES string of the molecule is CCn1cnnc1CNCc1ccc(F)c(C#N)c1. The number of aryl methyl sites for hydroxylation is 1. The predicted octanol–water partition coefficient (Wildman–Crippen LogP) is 1.60. The third-order valence-electron chi connectivity index (χ3n) is 2.80. The van der Waals surface area contributed by atoms with E-state index in [9.17, 15) is 4.39 Å². The molecular formula is C13H14FN5. The molecule has 2 aromatic rings. The van der Waals surface area contributed by atoms with Gasteiger partial charge in [-0.15, -0.1) is 10.2 Å². The zero-order valence-corrected chi connectivity index (χ0v) is 10.6. The second-order valence-corrected chi connectivity index (χ2v) is 4.06. The molecule has 0 unspecified atom stereocenters. The van der Waals surface area contributed by atoms with Crippen LogP contribution in [0.1, 0.15) is 23.9 Å². The van der Waals surface area contributed by atoms with E-state index in [1.165, 1.54) is 6.07 Å². The van der Waals surface area contributed by atoms with Gasteiger partial charge in [0.05, 0.1) is 12.1 Å². The Bertz CT molecular complexity index is 599. The maximum Gasteiger partial charge on any atom is 0.146 e. The lowest BCUT2D eigenvalue weighted by Crippen LogP contribution is -2.16. The first kappa shape index (κ1) is 13.2. The molecule has 1 N–H and O–H groups in total. The van der Waals surface area contributed by atoms with Gasteiger partial charge in [-0.1, -0.05) is 6.07 Å². The molecule has 6 heteroatoms. The van der Waals surface area contributed by atoms with Crippen LogP contribution >= 0.6 is 0 Å². The van der Waals surface area contributed by atoms with E-state index in [2.05, 4.69) is 15.5 Å². The minimum Gasteiger partial charge on any atom is -0.317 e. The van der Waals surface area contributed by atoms with E-state index in [1.54, 1.807) is 18.5 Å². The molecule has 0 aliphatic heterocycles. The van der Waals surface area contributed by atoms with Crippen molar-refractivity contribution in [3.8, 4) is 6.07 Å². The van der Waals surface area contributed by atoms with Gasteiger partial charge in [0.15, 0.2) is 0 Å². The van der Waals surface area contributed by atoms with Gasteiger partial charge in [-0.3, -0.25) is 0 Å². The summed E-state index contributed by atoms with van der Waals surface area (Å²) in [7, 11) is 0. The smallest absolute Gasteiger partial charge is 0.146 e. The molecule has 0 aliphatic rings. The van der Waals surface area contributed by atoms with Crippen LogP contribution in [0.2, 0.25) is 0 Å². The van der Waals surface area contributed by atoms with E-state index in [0.29, 0.717) is 13.1 Å². The fourth-order valence-electron chi connectivity index (χ4n) is 1.77.